The van der Waals surface area contributed by atoms with Crippen LogP contribution in [-0.4, -0.2) is 47.6 Å². The Labute approximate surface area is 118 Å². The highest BCUT2D eigenvalue weighted by atomic mass is 32.2. The molecule has 1 unspecified atom stereocenters. The van der Waals surface area contributed by atoms with Crippen molar-refractivity contribution in [2.24, 2.45) is 0 Å². The third kappa shape index (κ3) is 3.51. The zero-order valence-electron chi connectivity index (χ0n) is 11.6. The van der Waals surface area contributed by atoms with Gasteiger partial charge < -0.3 is 15.3 Å². The molecule has 1 aliphatic heterocycles. The minimum atomic E-state index is 0.237. The molecule has 0 aromatic carbocycles. The maximum atomic E-state index is 9.21. The van der Waals surface area contributed by atoms with Crippen LogP contribution in [-0.2, 0) is 0 Å². The number of piperidine rings is 1. The van der Waals surface area contributed by atoms with Gasteiger partial charge in [-0.25, -0.2) is 9.97 Å². The number of anilines is 2. The summed E-state index contributed by atoms with van der Waals surface area (Å²) >= 11 is 1.55. The van der Waals surface area contributed by atoms with E-state index in [0.29, 0.717) is 6.04 Å². The molecule has 0 bridgehead atoms. The van der Waals surface area contributed by atoms with Gasteiger partial charge >= 0.3 is 0 Å². The van der Waals surface area contributed by atoms with Crippen molar-refractivity contribution in [2.45, 2.75) is 36.9 Å². The van der Waals surface area contributed by atoms with Gasteiger partial charge in [-0.3, -0.25) is 0 Å². The molecular weight excluding hydrogens is 260 g/mol. The van der Waals surface area contributed by atoms with Crippen LogP contribution >= 0.6 is 11.8 Å². The highest BCUT2D eigenvalue weighted by molar-refractivity contribution is 7.98. The topological polar surface area (TPSA) is 61.3 Å². The average molecular weight is 282 g/mol. The molecule has 5 nitrogen and oxygen atoms in total. The molecule has 1 saturated heterocycles. The maximum absolute atomic E-state index is 9.21. The Hall–Kier alpha value is -1.01. The summed E-state index contributed by atoms with van der Waals surface area (Å²) in [6.45, 7) is 1.25. The molecule has 0 saturated carbocycles. The van der Waals surface area contributed by atoms with Crippen LogP contribution in [0.15, 0.2) is 11.2 Å². The van der Waals surface area contributed by atoms with Crippen LogP contribution in [0.4, 0.5) is 11.6 Å². The van der Waals surface area contributed by atoms with Gasteiger partial charge in [0.1, 0.15) is 11.6 Å². The second kappa shape index (κ2) is 6.96. The van der Waals surface area contributed by atoms with E-state index < -0.39 is 0 Å². The molecule has 1 atom stereocenters. The third-order valence-electron chi connectivity index (χ3n) is 3.51. The van der Waals surface area contributed by atoms with Crippen LogP contribution < -0.4 is 10.2 Å². The predicted molar refractivity (Wildman–Crippen MR) is 80.0 cm³/mol. The first-order valence-electron chi connectivity index (χ1n) is 6.76. The largest absolute Gasteiger partial charge is 0.396 e. The molecule has 0 amide bonds. The van der Waals surface area contributed by atoms with Gasteiger partial charge in [0.2, 0.25) is 0 Å². The van der Waals surface area contributed by atoms with Crippen molar-refractivity contribution in [1.82, 2.24) is 9.97 Å². The van der Waals surface area contributed by atoms with Crippen LogP contribution in [0.5, 0.6) is 0 Å². The van der Waals surface area contributed by atoms with E-state index >= 15 is 0 Å². The van der Waals surface area contributed by atoms with Gasteiger partial charge in [0.15, 0.2) is 5.16 Å². The predicted octanol–water partition coefficient (Wildman–Crippen LogP) is 1.98. The van der Waals surface area contributed by atoms with Crippen LogP contribution in [0.1, 0.15) is 25.7 Å². The molecule has 106 valence electrons. The molecule has 1 aromatic heterocycles. The van der Waals surface area contributed by atoms with E-state index in [4.69, 9.17) is 0 Å². The van der Waals surface area contributed by atoms with Crippen LogP contribution in [0.3, 0.4) is 0 Å². The first-order chi connectivity index (χ1) is 9.28. The van der Waals surface area contributed by atoms with Crippen molar-refractivity contribution in [3.8, 4) is 0 Å². The summed E-state index contributed by atoms with van der Waals surface area (Å²) in [5, 5.41) is 13.1. The fraction of sp³-hybridized carbons (Fsp3) is 0.692. The second-order valence-corrected chi connectivity index (χ2v) is 5.48. The summed E-state index contributed by atoms with van der Waals surface area (Å²) < 4.78 is 0. The van der Waals surface area contributed by atoms with Crippen molar-refractivity contribution >= 4 is 23.4 Å². The average Bonchev–Trinajstić information content (AvgIpc) is 2.47. The molecule has 1 aromatic rings. The zero-order chi connectivity index (χ0) is 13.7. The molecule has 2 heterocycles. The first kappa shape index (κ1) is 14.4. The lowest BCUT2D eigenvalue weighted by atomic mass is 10.00. The van der Waals surface area contributed by atoms with E-state index in [-0.39, 0.29) is 6.61 Å². The van der Waals surface area contributed by atoms with Gasteiger partial charge in [-0.05, 0) is 31.9 Å². The normalized spacial score (nSPS) is 19.5. The Kier molecular flexibility index (Phi) is 5.27. The molecule has 2 N–H and O–H groups in total. The number of thioether (sulfide) groups is 1. The molecule has 1 aliphatic rings. The molecular formula is C13H22N4OS. The standard InChI is InChI=1S/C13H22N4OS/c1-14-11-9-12(16-13(15-11)19-2)17-7-4-3-5-10(17)6-8-18/h9-10,18H,3-8H2,1-2H3,(H,14,15,16). The quantitative estimate of drug-likeness (QED) is 0.636. The summed E-state index contributed by atoms with van der Waals surface area (Å²) in [6, 6.07) is 2.39. The lowest BCUT2D eigenvalue weighted by molar-refractivity contribution is 0.262. The summed E-state index contributed by atoms with van der Waals surface area (Å²) in [7, 11) is 1.87. The summed E-state index contributed by atoms with van der Waals surface area (Å²) in [6.07, 6.45) is 6.36. The number of aromatic nitrogens is 2. The summed E-state index contributed by atoms with van der Waals surface area (Å²) in [4.78, 5) is 11.3. The van der Waals surface area contributed by atoms with Gasteiger partial charge in [-0.1, -0.05) is 11.8 Å². The number of nitrogens with zero attached hydrogens (tertiary/aromatic N) is 3. The number of aliphatic hydroxyl groups is 1. The minimum Gasteiger partial charge on any atom is -0.396 e. The minimum absolute atomic E-state index is 0.237. The molecule has 0 radical (unpaired) electrons. The van der Waals surface area contributed by atoms with Crippen molar-refractivity contribution in [3.05, 3.63) is 6.07 Å². The van der Waals surface area contributed by atoms with Gasteiger partial charge in [0, 0.05) is 32.3 Å². The SMILES string of the molecule is CNc1cc(N2CCCCC2CCO)nc(SC)n1. The van der Waals surface area contributed by atoms with E-state index in [9.17, 15) is 5.11 Å². The Balaban J connectivity index is 2.26. The highest BCUT2D eigenvalue weighted by Gasteiger charge is 2.23. The van der Waals surface area contributed by atoms with Gasteiger partial charge in [-0.2, -0.15) is 0 Å². The second-order valence-electron chi connectivity index (χ2n) is 4.70. The van der Waals surface area contributed by atoms with Gasteiger partial charge in [0.25, 0.3) is 0 Å². The fourth-order valence-electron chi connectivity index (χ4n) is 2.53. The van der Waals surface area contributed by atoms with Crippen LogP contribution in [0, 0.1) is 0 Å². The Morgan fingerprint density at radius 3 is 3.00 bits per heavy atom. The highest BCUT2D eigenvalue weighted by Crippen LogP contribution is 2.27. The fourth-order valence-corrected chi connectivity index (χ4v) is 2.91. The van der Waals surface area contributed by atoms with E-state index in [1.165, 1.54) is 12.8 Å². The number of aliphatic hydroxyl groups excluding tert-OH is 1. The lowest BCUT2D eigenvalue weighted by Crippen LogP contribution is -2.40. The number of hydrogen-bond acceptors (Lipinski definition) is 6. The molecule has 19 heavy (non-hydrogen) atoms. The lowest BCUT2D eigenvalue weighted by Gasteiger charge is -2.36. The molecule has 0 aliphatic carbocycles. The maximum Gasteiger partial charge on any atom is 0.191 e. The number of hydrogen-bond donors (Lipinski definition) is 2. The van der Waals surface area contributed by atoms with Gasteiger partial charge in [-0.15, -0.1) is 0 Å². The zero-order valence-corrected chi connectivity index (χ0v) is 12.4. The van der Waals surface area contributed by atoms with Crippen molar-refractivity contribution in [2.75, 3.05) is 36.7 Å². The van der Waals surface area contributed by atoms with Crippen molar-refractivity contribution in [1.29, 1.82) is 0 Å². The van der Waals surface area contributed by atoms with Crippen molar-refractivity contribution in [3.63, 3.8) is 0 Å². The number of nitrogens with one attached hydrogen (secondary N) is 1. The van der Waals surface area contributed by atoms with E-state index in [1.807, 2.05) is 19.4 Å². The van der Waals surface area contributed by atoms with E-state index in [0.717, 1.165) is 36.2 Å². The van der Waals surface area contributed by atoms with E-state index in [1.54, 1.807) is 11.8 Å². The molecule has 2 rings (SSSR count). The Bertz CT molecular complexity index is 391. The molecule has 0 spiro atoms. The van der Waals surface area contributed by atoms with E-state index in [2.05, 4.69) is 20.2 Å². The Morgan fingerprint density at radius 1 is 1.47 bits per heavy atom. The van der Waals surface area contributed by atoms with Crippen LogP contribution in [0.25, 0.3) is 0 Å². The smallest absolute Gasteiger partial charge is 0.191 e. The number of rotatable bonds is 5. The van der Waals surface area contributed by atoms with Crippen LogP contribution in [0.2, 0.25) is 0 Å². The first-order valence-corrected chi connectivity index (χ1v) is 7.99. The summed E-state index contributed by atoms with van der Waals surface area (Å²) in [5.41, 5.74) is 0. The monoisotopic (exact) mass is 282 g/mol. The Morgan fingerprint density at radius 2 is 2.32 bits per heavy atom. The van der Waals surface area contributed by atoms with Crippen molar-refractivity contribution < 1.29 is 5.11 Å². The third-order valence-corrected chi connectivity index (χ3v) is 4.06. The molecule has 6 heteroatoms. The summed E-state index contributed by atoms with van der Waals surface area (Å²) in [5.74, 6) is 1.82. The molecule has 1 fully saturated rings. The van der Waals surface area contributed by atoms with Gasteiger partial charge in [0.05, 0.1) is 0 Å².